The van der Waals surface area contributed by atoms with Gasteiger partial charge in [-0.25, -0.2) is 4.98 Å². The Morgan fingerprint density at radius 3 is 2.81 bits per heavy atom. The van der Waals surface area contributed by atoms with Crippen molar-refractivity contribution in [3.8, 4) is 11.4 Å². The fourth-order valence-electron chi connectivity index (χ4n) is 2.50. The normalized spacial score (nSPS) is 11.1. The van der Waals surface area contributed by atoms with Crippen molar-refractivity contribution in [2.24, 2.45) is 0 Å². The van der Waals surface area contributed by atoms with E-state index in [0.29, 0.717) is 12.5 Å². The Bertz CT molecular complexity index is 751. The zero-order chi connectivity index (χ0) is 14.7. The molecule has 1 heterocycles. The van der Waals surface area contributed by atoms with Crippen molar-refractivity contribution in [1.29, 1.82) is 0 Å². The molecule has 0 N–H and O–H groups in total. The summed E-state index contributed by atoms with van der Waals surface area (Å²) in [6, 6.07) is 16.4. The molecular formula is C17H17ClN2O. The average Bonchev–Trinajstić information content (AvgIpc) is 2.91. The molecular weight excluding hydrogens is 284 g/mol. The zero-order valence-electron chi connectivity index (χ0n) is 11.9. The topological polar surface area (TPSA) is 27.1 Å². The second-order valence-electron chi connectivity index (χ2n) is 4.90. The monoisotopic (exact) mass is 300 g/mol. The number of nitrogens with zero attached hydrogens (tertiary/aromatic N) is 2. The summed E-state index contributed by atoms with van der Waals surface area (Å²) < 4.78 is 7.43. The Labute approximate surface area is 129 Å². The Hall–Kier alpha value is -1.84. The summed E-state index contributed by atoms with van der Waals surface area (Å²) in [4.78, 5) is 4.78. The van der Waals surface area contributed by atoms with Gasteiger partial charge in [-0.2, -0.15) is 0 Å². The van der Waals surface area contributed by atoms with Crippen LogP contribution in [-0.2, 0) is 17.2 Å². The lowest BCUT2D eigenvalue weighted by molar-refractivity contribution is 0.188. The van der Waals surface area contributed by atoms with Crippen LogP contribution < -0.4 is 0 Å². The number of hydrogen-bond acceptors (Lipinski definition) is 2. The molecule has 0 saturated heterocycles. The molecule has 3 rings (SSSR count). The Balaban J connectivity index is 2.15. The molecule has 1 aromatic heterocycles. The van der Waals surface area contributed by atoms with Crippen molar-refractivity contribution in [3.05, 3.63) is 54.1 Å². The molecule has 21 heavy (non-hydrogen) atoms. The van der Waals surface area contributed by atoms with E-state index in [4.69, 9.17) is 21.3 Å². The van der Waals surface area contributed by atoms with E-state index in [1.54, 1.807) is 7.11 Å². The maximum absolute atomic E-state index is 5.94. The Morgan fingerprint density at radius 1 is 1.14 bits per heavy atom. The van der Waals surface area contributed by atoms with E-state index in [1.165, 1.54) is 0 Å². The highest BCUT2D eigenvalue weighted by atomic mass is 35.5. The van der Waals surface area contributed by atoms with Crippen molar-refractivity contribution in [2.75, 3.05) is 13.7 Å². The van der Waals surface area contributed by atoms with Crippen molar-refractivity contribution in [2.45, 2.75) is 12.4 Å². The minimum atomic E-state index is 0.506. The number of halogens is 1. The number of aromatic nitrogens is 2. The summed E-state index contributed by atoms with van der Waals surface area (Å²) in [7, 11) is 1.72. The highest BCUT2D eigenvalue weighted by Crippen LogP contribution is 2.25. The molecule has 0 atom stereocenters. The largest absolute Gasteiger partial charge is 0.383 e. The van der Waals surface area contributed by atoms with E-state index in [2.05, 4.69) is 22.8 Å². The number of para-hydroxylation sites is 2. The summed E-state index contributed by atoms with van der Waals surface area (Å²) >= 11 is 5.94. The molecule has 3 aromatic rings. The van der Waals surface area contributed by atoms with Gasteiger partial charge in [0.25, 0.3) is 0 Å². The molecule has 0 amide bonds. The van der Waals surface area contributed by atoms with Crippen LogP contribution >= 0.6 is 11.6 Å². The molecule has 0 bridgehead atoms. The van der Waals surface area contributed by atoms with Gasteiger partial charge in [-0.15, -0.1) is 11.6 Å². The van der Waals surface area contributed by atoms with E-state index in [0.717, 1.165) is 34.5 Å². The number of benzene rings is 2. The van der Waals surface area contributed by atoms with Crippen molar-refractivity contribution >= 4 is 22.6 Å². The van der Waals surface area contributed by atoms with Gasteiger partial charge in [-0.3, -0.25) is 0 Å². The van der Waals surface area contributed by atoms with Crippen LogP contribution in [0.2, 0.25) is 0 Å². The van der Waals surface area contributed by atoms with E-state index in [1.807, 2.05) is 30.3 Å². The quantitative estimate of drug-likeness (QED) is 0.664. The fraction of sp³-hybridized carbons (Fsp3) is 0.235. The van der Waals surface area contributed by atoms with Gasteiger partial charge in [-0.1, -0.05) is 30.3 Å². The van der Waals surface area contributed by atoms with Crippen LogP contribution in [0, 0.1) is 0 Å². The summed E-state index contributed by atoms with van der Waals surface area (Å²) in [6.07, 6.45) is 0. The number of imidazole rings is 1. The molecule has 2 aromatic carbocycles. The molecule has 0 unspecified atom stereocenters. The number of rotatable bonds is 5. The summed E-state index contributed by atoms with van der Waals surface area (Å²) in [6.45, 7) is 1.43. The number of fused-ring (bicyclic) bond motifs is 1. The van der Waals surface area contributed by atoms with Crippen LogP contribution in [0.15, 0.2) is 48.5 Å². The maximum Gasteiger partial charge on any atom is 0.141 e. The molecule has 0 spiro atoms. The third-order valence-electron chi connectivity index (χ3n) is 3.51. The lowest BCUT2D eigenvalue weighted by Crippen LogP contribution is -2.06. The highest BCUT2D eigenvalue weighted by Gasteiger charge is 2.12. The molecule has 4 heteroatoms. The van der Waals surface area contributed by atoms with Gasteiger partial charge >= 0.3 is 0 Å². The third-order valence-corrected chi connectivity index (χ3v) is 3.82. The predicted molar refractivity (Wildman–Crippen MR) is 86.6 cm³/mol. The molecule has 0 saturated carbocycles. The van der Waals surface area contributed by atoms with E-state index >= 15 is 0 Å². The lowest BCUT2D eigenvalue weighted by atomic mass is 10.1. The van der Waals surface area contributed by atoms with E-state index < -0.39 is 0 Å². The van der Waals surface area contributed by atoms with Crippen molar-refractivity contribution < 1.29 is 4.74 Å². The molecule has 0 aliphatic heterocycles. The molecule has 0 radical (unpaired) electrons. The smallest absolute Gasteiger partial charge is 0.141 e. The first-order valence-corrected chi connectivity index (χ1v) is 7.46. The second-order valence-corrected chi connectivity index (χ2v) is 5.17. The molecule has 3 nitrogen and oxygen atoms in total. The predicted octanol–water partition coefficient (Wildman–Crippen LogP) is 4.09. The molecule has 0 aliphatic carbocycles. The maximum atomic E-state index is 5.94. The van der Waals surface area contributed by atoms with Crippen LogP contribution in [0.5, 0.6) is 0 Å². The van der Waals surface area contributed by atoms with Gasteiger partial charge < -0.3 is 9.30 Å². The third kappa shape index (κ3) is 2.80. The standard InChI is InChI=1S/C17H17ClN2O/c1-21-10-9-20-16-8-3-2-7-15(16)19-17(20)14-6-4-5-13(11-14)12-18/h2-8,11H,9-10,12H2,1H3. The van der Waals surface area contributed by atoms with Crippen LogP contribution in [0.3, 0.4) is 0 Å². The zero-order valence-corrected chi connectivity index (χ0v) is 12.7. The van der Waals surface area contributed by atoms with Crippen LogP contribution in [0.4, 0.5) is 0 Å². The lowest BCUT2D eigenvalue weighted by Gasteiger charge is -2.09. The molecule has 0 fully saturated rings. The summed E-state index contributed by atoms with van der Waals surface area (Å²) in [5.41, 5.74) is 4.31. The minimum Gasteiger partial charge on any atom is -0.383 e. The number of ether oxygens (including phenoxy) is 1. The average molecular weight is 301 g/mol. The summed E-state index contributed by atoms with van der Waals surface area (Å²) in [5.74, 6) is 1.46. The van der Waals surface area contributed by atoms with Crippen molar-refractivity contribution in [3.63, 3.8) is 0 Å². The first kappa shape index (κ1) is 14.1. The second kappa shape index (κ2) is 6.29. The van der Waals surface area contributed by atoms with Gasteiger partial charge in [0, 0.05) is 25.1 Å². The summed E-state index contributed by atoms with van der Waals surface area (Å²) in [5, 5.41) is 0. The molecule has 108 valence electrons. The van der Waals surface area contributed by atoms with Gasteiger partial charge in [-0.05, 0) is 23.8 Å². The van der Waals surface area contributed by atoms with E-state index in [9.17, 15) is 0 Å². The number of alkyl halides is 1. The highest BCUT2D eigenvalue weighted by molar-refractivity contribution is 6.17. The Kier molecular flexibility index (Phi) is 4.23. The SMILES string of the molecule is COCCn1c(-c2cccc(CCl)c2)nc2ccccc21. The number of methoxy groups -OCH3 is 1. The van der Waals surface area contributed by atoms with Gasteiger partial charge in [0.2, 0.25) is 0 Å². The first-order chi connectivity index (χ1) is 10.3. The minimum absolute atomic E-state index is 0.506. The Morgan fingerprint density at radius 2 is 2.00 bits per heavy atom. The van der Waals surface area contributed by atoms with Crippen LogP contribution in [0.1, 0.15) is 5.56 Å². The van der Waals surface area contributed by atoms with Gasteiger partial charge in [0.05, 0.1) is 17.6 Å². The van der Waals surface area contributed by atoms with Crippen LogP contribution in [0.25, 0.3) is 22.4 Å². The number of hydrogen-bond donors (Lipinski definition) is 0. The first-order valence-electron chi connectivity index (χ1n) is 6.93. The van der Waals surface area contributed by atoms with Crippen LogP contribution in [-0.4, -0.2) is 23.3 Å². The van der Waals surface area contributed by atoms with Gasteiger partial charge in [0.15, 0.2) is 0 Å². The van der Waals surface area contributed by atoms with Crippen molar-refractivity contribution in [1.82, 2.24) is 9.55 Å². The van der Waals surface area contributed by atoms with Gasteiger partial charge in [0.1, 0.15) is 5.82 Å². The fourth-order valence-corrected chi connectivity index (χ4v) is 2.66. The molecule has 0 aliphatic rings. The van der Waals surface area contributed by atoms with E-state index in [-0.39, 0.29) is 0 Å².